The van der Waals surface area contributed by atoms with Crippen LogP contribution < -0.4 is 20.9 Å². The Bertz CT molecular complexity index is 1220. The van der Waals surface area contributed by atoms with Gasteiger partial charge in [0.2, 0.25) is 0 Å². The molecule has 11 nitrogen and oxygen atoms in total. The van der Waals surface area contributed by atoms with Gasteiger partial charge in [0.1, 0.15) is 18.3 Å². The summed E-state index contributed by atoms with van der Waals surface area (Å²) in [6.07, 6.45) is 1.31. The number of halogens is 1. The maximum absolute atomic E-state index is 13.3. The van der Waals surface area contributed by atoms with E-state index in [-0.39, 0.29) is 11.3 Å². The van der Waals surface area contributed by atoms with E-state index in [0.717, 1.165) is 4.90 Å². The van der Waals surface area contributed by atoms with Crippen LogP contribution >= 0.6 is 23.4 Å². The lowest BCUT2D eigenvalue weighted by molar-refractivity contribution is -0.142. The number of nitrogens with one attached hydrogen (secondary N) is 3. The minimum absolute atomic E-state index is 0.241. The van der Waals surface area contributed by atoms with Gasteiger partial charge in [-0.05, 0) is 80.1 Å². The average Bonchev–Trinajstić information content (AvgIpc) is 2.89. The number of methoxy groups -OCH3 is 1. The van der Waals surface area contributed by atoms with Crippen molar-refractivity contribution in [2.75, 3.05) is 30.7 Å². The summed E-state index contributed by atoms with van der Waals surface area (Å²) in [5.74, 6) is -0.443. The first-order valence-electron chi connectivity index (χ1n) is 12.2. The van der Waals surface area contributed by atoms with Crippen LogP contribution in [0.2, 0.25) is 0 Å². The number of urea groups is 1. The molecule has 0 aliphatic carbocycles. The molecule has 0 aromatic heterocycles. The standard InChI is InChI=1S/C27H33ClN4O7S/c1-27(2,3)39-26(37)31-25(36)29-16-32(24(28)35)18-11-12-19(20(15-18)17-9-7-6-8-10-17)22(33)30-21(13-14-40-5)23(34)38-4/h6-12,15,21H,13-14,16H2,1-5H3,(H,30,33)(H2,29,31,36,37)/t21-/m0/s1. The highest BCUT2D eigenvalue weighted by molar-refractivity contribution is 7.98. The summed E-state index contributed by atoms with van der Waals surface area (Å²) in [5.41, 5.74) is 0.803. The van der Waals surface area contributed by atoms with Crippen LogP contribution in [0.1, 0.15) is 37.6 Å². The molecular formula is C27H33ClN4O7S. The van der Waals surface area contributed by atoms with Gasteiger partial charge in [0.05, 0.1) is 7.11 Å². The van der Waals surface area contributed by atoms with E-state index in [1.807, 2.05) is 17.6 Å². The molecular weight excluding hydrogens is 560 g/mol. The zero-order chi connectivity index (χ0) is 29.9. The molecule has 13 heteroatoms. The lowest BCUT2D eigenvalue weighted by Crippen LogP contribution is -2.47. The Morgan fingerprint density at radius 3 is 2.30 bits per heavy atom. The molecule has 0 aliphatic heterocycles. The fourth-order valence-electron chi connectivity index (χ4n) is 3.46. The van der Waals surface area contributed by atoms with E-state index >= 15 is 0 Å². The first-order chi connectivity index (χ1) is 18.9. The molecule has 5 amide bonds. The number of imide groups is 1. The molecule has 0 saturated carbocycles. The summed E-state index contributed by atoms with van der Waals surface area (Å²) >= 11 is 7.35. The molecule has 0 spiro atoms. The number of amides is 5. The topological polar surface area (TPSA) is 143 Å². The van der Waals surface area contributed by atoms with Crippen LogP contribution in [0.3, 0.4) is 0 Å². The van der Waals surface area contributed by atoms with Crippen LogP contribution in [0, 0.1) is 0 Å². The van der Waals surface area contributed by atoms with Crippen molar-refractivity contribution in [3.63, 3.8) is 0 Å². The Morgan fingerprint density at radius 2 is 1.73 bits per heavy atom. The fraction of sp³-hybridized carbons (Fsp3) is 0.370. The molecule has 2 aromatic carbocycles. The van der Waals surface area contributed by atoms with Crippen molar-refractivity contribution in [3.05, 3.63) is 54.1 Å². The second-order valence-electron chi connectivity index (χ2n) is 9.40. The number of carbonyl (C=O) groups excluding carboxylic acids is 5. The van der Waals surface area contributed by atoms with Crippen LogP contribution in [0.4, 0.5) is 20.1 Å². The van der Waals surface area contributed by atoms with E-state index in [4.69, 9.17) is 21.1 Å². The smallest absolute Gasteiger partial charge is 0.415 e. The number of hydrogen-bond donors (Lipinski definition) is 3. The predicted octanol–water partition coefficient (Wildman–Crippen LogP) is 4.74. The Balaban J connectivity index is 2.34. The van der Waals surface area contributed by atoms with E-state index in [1.54, 1.807) is 51.1 Å². The molecule has 40 heavy (non-hydrogen) atoms. The molecule has 0 radical (unpaired) electrons. The maximum Gasteiger partial charge on any atom is 0.415 e. The molecule has 0 bridgehead atoms. The van der Waals surface area contributed by atoms with Gasteiger partial charge in [-0.15, -0.1) is 0 Å². The highest BCUT2D eigenvalue weighted by Crippen LogP contribution is 2.29. The van der Waals surface area contributed by atoms with Gasteiger partial charge in [-0.3, -0.25) is 14.5 Å². The number of benzene rings is 2. The quantitative estimate of drug-likeness (QED) is 0.155. The summed E-state index contributed by atoms with van der Waals surface area (Å²) in [5, 5.41) is 6.20. The predicted molar refractivity (Wildman–Crippen MR) is 155 cm³/mol. The number of ether oxygens (including phenoxy) is 2. The third kappa shape index (κ3) is 10.1. The Labute approximate surface area is 242 Å². The molecule has 0 fully saturated rings. The monoisotopic (exact) mass is 592 g/mol. The summed E-state index contributed by atoms with van der Waals surface area (Å²) in [4.78, 5) is 62.9. The van der Waals surface area contributed by atoms with Gasteiger partial charge < -0.3 is 20.1 Å². The van der Waals surface area contributed by atoms with Crippen LogP contribution in [0.5, 0.6) is 0 Å². The molecule has 1 atom stereocenters. The third-order valence-corrected chi connectivity index (χ3v) is 6.12. The summed E-state index contributed by atoms with van der Waals surface area (Å²) in [7, 11) is 1.25. The Kier molecular flexibility index (Phi) is 12.3. The molecule has 2 aromatic rings. The van der Waals surface area contributed by atoms with Crippen molar-refractivity contribution in [1.82, 2.24) is 16.0 Å². The number of carbonyl (C=O) groups is 5. The molecule has 2 rings (SSSR count). The van der Waals surface area contributed by atoms with Crippen molar-refractivity contribution in [2.24, 2.45) is 0 Å². The molecule has 0 aliphatic rings. The van der Waals surface area contributed by atoms with E-state index in [2.05, 4.69) is 10.6 Å². The fourth-order valence-corrected chi connectivity index (χ4v) is 4.09. The summed E-state index contributed by atoms with van der Waals surface area (Å²) in [6, 6.07) is 11.7. The lowest BCUT2D eigenvalue weighted by atomic mass is 9.97. The molecule has 0 saturated heterocycles. The van der Waals surface area contributed by atoms with E-state index in [0.29, 0.717) is 23.3 Å². The van der Waals surface area contributed by atoms with Gasteiger partial charge in [0.15, 0.2) is 0 Å². The maximum atomic E-state index is 13.3. The van der Waals surface area contributed by atoms with Gasteiger partial charge in [-0.1, -0.05) is 30.3 Å². The number of esters is 1. The SMILES string of the molecule is COC(=O)[C@H](CCSC)NC(=O)c1ccc(N(CNC(=O)NC(=O)OC(C)(C)C)C(=O)Cl)cc1-c1ccccc1. The molecule has 0 unspecified atom stereocenters. The highest BCUT2D eigenvalue weighted by Gasteiger charge is 2.25. The largest absolute Gasteiger partial charge is 0.467 e. The van der Waals surface area contributed by atoms with Gasteiger partial charge in [0.25, 0.3) is 5.91 Å². The van der Waals surface area contributed by atoms with Crippen LogP contribution in [0.25, 0.3) is 11.1 Å². The van der Waals surface area contributed by atoms with E-state index in [1.165, 1.54) is 31.0 Å². The van der Waals surface area contributed by atoms with Crippen molar-refractivity contribution >= 4 is 58.4 Å². The number of hydrogen-bond acceptors (Lipinski definition) is 8. The second kappa shape index (κ2) is 15.1. The number of thioether (sulfide) groups is 1. The number of alkyl carbamates (subject to hydrolysis) is 1. The van der Waals surface area contributed by atoms with E-state index < -0.39 is 47.7 Å². The zero-order valence-electron chi connectivity index (χ0n) is 22.9. The first-order valence-corrected chi connectivity index (χ1v) is 14.0. The summed E-state index contributed by atoms with van der Waals surface area (Å²) in [6.45, 7) is 4.54. The Hall–Kier alpha value is -3.77. The average molecular weight is 593 g/mol. The van der Waals surface area contributed by atoms with Crippen molar-refractivity contribution in [3.8, 4) is 11.1 Å². The second-order valence-corrected chi connectivity index (χ2v) is 10.7. The van der Waals surface area contributed by atoms with Gasteiger partial charge in [-0.25, -0.2) is 19.7 Å². The Morgan fingerprint density at radius 1 is 1.05 bits per heavy atom. The molecule has 0 heterocycles. The molecule has 3 N–H and O–H groups in total. The van der Waals surface area contributed by atoms with Crippen LogP contribution in [0.15, 0.2) is 48.5 Å². The zero-order valence-corrected chi connectivity index (χ0v) is 24.5. The van der Waals surface area contributed by atoms with Crippen molar-refractivity contribution < 1.29 is 33.4 Å². The number of rotatable bonds is 10. The summed E-state index contributed by atoms with van der Waals surface area (Å²) < 4.78 is 9.87. The molecule has 216 valence electrons. The number of nitrogens with zero attached hydrogens (tertiary/aromatic N) is 1. The van der Waals surface area contributed by atoms with Crippen molar-refractivity contribution in [1.29, 1.82) is 0 Å². The van der Waals surface area contributed by atoms with Gasteiger partial charge >= 0.3 is 23.5 Å². The minimum atomic E-state index is -0.960. The van der Waals surface area contributed by atoms with Crippen LogP contribution in [-0.2, 0) is 14.3 Å². The minimum Gasteiger partial charge on any atom is -0.467 e. The van der Waals surface area contributed by atoms with Gasteiger partial charge in [-0.2, -0.15) is 11.8 Å². The first kappa shape index (κ1) is 32.4. The van der Waals surface area contributed by atoms with E-state index in [9.17, 15) is 24.0 Å². The normalized spacial score (nSPS) is 11.6. The third-order valence-electron chi connectivity index (χ3n) is 5.27. The van der Waals surface area contributed by atoms with Crippen molar-refractivity contribution in [2.45, 2.75) is 38.8 Å². The van der Waals surface area contributed by atoms with Crippen LogP contribution in [-0.4, -0.2) is 66.8 Å². The number of anilines is 1. The lowest BCUT2D eigenvalue weighted by Gasteiger charge is -2.23. The highest BCUT2D eigenvalue weighted by atomic mass is 35.5. The van der Waals surface area contributed by atoms with Gasteiger partial charge in [0, 0.05) is 11.3 Å².